The van der Waals surface area contributed by atoms with Gasteiger partial charge in [-0.1, -0.05) is 62.4 Å². The Labute approximate surface area is 114 Å². The van der Waals surface area contributed by atoms with Crippen molar-refractivity contribution in [2.45, 2.75) is 25.1 Å². The summed E-state index contributed by atoms with van der Waals surface area (Å²) in [4.78, 5) is 0. The van der Waals surface area contributed by atoms with Crippen LogP contribution in [0.15, 0.2) is 48.5 Å². The minimum Gasteiger partial charge on any atom is -0.122 e. The zero-order chi connectivity index (χ0) is 12.7. The minimum absolute atomic E-state index is 0.148. The van der Waals surface area contributed by atoms with E-state index in [0.717, 1.165) is 0 Å². The Morgan fingerprint density at radius 2 is 1.28 bits per heavy atom. The number of benzene rings is 2. The lowest BCUT2D eigenvalue weighted by Crippen LogP contribution is -2.18. The van der Waals surface area contributed by atoms with Gasteiger partial charge in [-0.15, -0.1) is 11.6 Å². The summed E-state index contributed by atoms with van der Waals surface area (Å²) in [5.74, 6) is 0.801. The van der Waals surface area contributed by atoms with E-state index in [4.69, 9.17) is 11.6 Å². The second kappa shape index (κ2) is 4.44. The highest BCUT2D eigenvalue weighted by Crippen LogP contribution is 2.48. The van der Waals surface area contributed by atoms with Crippen molar-refractivity contribution in [2.75, 3.05) is 0 Å². The van der Waals surface area contributed by atoms with Gasteiger partial charge in [0.05, 0.1) is 0 Å². The van der Waals surface area contributed by atoms with Crippen LogP contribution in [0, 0.1) is 5.92 Å². The van der Waals surface area contributed by atoms with E-state index in [1.54, 1.807) is 0 Å². The fraction of sp³-hybridized carbons (Fsp3) is 0.294. The van der Waals surface area contributed by atoms with Crippen LogP contribution < -0.4 is 0 Å². The number of rotatable bonds is 2. The van der Waals surface area contributed by atoms with Gasteiger partial charge in [-0.05, 0) is 28.2 Å². The van der Waals surface area contributed by atoms with Crippen LogP contribution in [0.25, 0.3) is 11.1 Å². The average molecular weight is 257 g/mol. The normalized spacial score (nSPS) is 15.6. The maximum Gasteiger partial charge on any atom is 0.0468 e. The van der Waals surface area contributed by atoms with Crippen molar-refractivity contribution in [3.63, 3.8) is 0 Å². The zero-order valence-corrected chi connectivity index (χ0v) is 11.5. The highest BCUT2D eigenvalue weighted by atomic mass is 35.5. The van der Waals surface area contributed by atoms with Crippen LogP contribution in [0.5, 0.6) is 0 Å². The predicted molar refractivity (Wildman–Crippen MR) is 78.2 cm³/mol. The summed E-state index contributed by atoms with van der Waals surface area (Å²) < 4.78 is 0. The molecular weight excluding hydrogens is 240 g/mol. The number of hydrogen-bond acceptors (Lipinski definition) is 0. The quantitative estimate of drug-likeness (QED) is 0.659. The third-order valence-electron chi connectivity index (χ3n) is 3.84. The van der Waals surface area contributed by atoms with Crippen LogP contribution >= 0.6 is 11.6 Å². The molecular formula is C17H17Cl. The van der Waals surface area contributed by atoms with E-state index in [2.05, 4.69) is 62.4 Å². The van der Waals surface area contributed by atoms with Gasteiger partial charge in [-0.3, -0.25) is 0 Å². The van der Waals surface area contributed by atoms with Crippen molar-refractivity contribution in [2.24, 2.45) is 5.92 Å². The lowest BCUT2D eigenvalue weighted by molar-refractivity contribution is 0.557. The van der Waals surface area contributed by atoms with Crippen molar-refractivity contribution in [3.8, 4) is 11.1 Å². The Morgan fingerprint density at radius 3 is 1.72 bits per heavy atom. The van der Waals surface area contributed by atoms with E-state index < -0.39 is 0 Å². The number of halogens is 1. The van der Waals surface area contributed by atoms with Gasteiger partial charge in [-0.2, -0.15) is 0 Å². The molecule has 0 heterocycles. The standard InChI is InChI=1S/C17H17Cl/c1-11(2)17(18)16-14-9-5-3-7-12(14)13-8-4-6-10-15(13)16/h3-11,16-17H,1-2H3. The molecule has 1 heteroatoms. The summed E-state index contributed by atoms with van der Waals surface area (Å²) in [5.41, 5.74) is 5.47. The van der Waals surface area contributed by atoms with Crippen LogP contribution in [0.2, 0.25) is 0 Å². The first-order valence-electron chi connectivity index (χ1n) is 6.52. The molecule has 0 N–H and O–H groups in total. The minimum atomic E-state index is 0.148. The number of hydrogen-bond donors (Lipinski definition) is 0. The van der Waals surface area contributed by atoms with E-state index in [1.165, 1.54) is 22.3 Å². The molecule has 0 fully saturated rings. The van der Waals surface area contributed by atoms with Gasteiger partial charge in [-0.25, -0.2) is 0 Å². The summed E-state index contributed by atoms with van der Waals surface area (Å²) in [7, 11) is 0. The van der Waals surface area contributed by atoms with Crippen molar-refractivity contribution < 1.29 is 0 Å². The second-order valence-electron chi connectivity index (χ2n) is 5.34. The lowest BCUT2D eigenvalue weighted by Gasteiger charge is -2.23. The SMILES string of the molecule is CC(C)C(Cl)C1c2ccccc2-c2ccccc21. The molecule has 0 nitrogen and oxygen atoms in total. The largest absolute Gasteiger partial charge is 0.122 e. The molecule has 0 bridgehead atoms. The topological polar surface area (TPSA) is 0 Å². The molecule has 0 saturated heterocycles. The fourth-order valence-electron chi connectivity index (χ4n) is 2.92. The third kappa shape index (κ3) is 1.67. The molecule has 0 radical (unpaired) electrons. The van der Waals surface area contributed by atoms with Gasteiger partial charge < -0.3 is 0 Å². The predicted octanol–water partition coefficient (Wildman–Crippen LogP) is 5.06. The first kappa shape index (κ1) is 11.8. The van der Waals surface area contributed by atoms with Gasteiger partial charge in [0, 0.05) is 11.3 Å². The van der Waals surface area contributed by atoms with Crippen molar-refractivity contribution in [1.29, 1.82) is 0 Å². The van der Waals surface area contributed by atoms with Gasteiger partial charge in [0.1, 0.15) is 0 Å². The molecule has 1 atom stereocenters. The van der Waals surface area contributed by atoms with Crippen molar-refractivity contribution in [1.82, 2.24) is 0 Å². The first-order valence-corrected chi connectivity index (χ1v) is 6.96. The smallest absolute Gasteiger partial charge is 0.0468 e. The maximum absolute atomic E-state index is 6.68. The molecule has 1 aliphatic rings. The van der Waals surface area contributed by atoms with Gasteiger partial charge in [0.2, 0.25) is 0 Å². The summed E-state index contributed by atoms with van der Waals surface area (Å²) >= 11 is 6.68. The van der Waals surface area contributed by atoms with E-state index in [0.29, 0.717) is 11.8 Å². The fourth-order valence-corrected chi connectivity index (χ4v) is 3.19. The first-order chi connectivity index (χ1) is 8.70. The average Bonchev–Trinajstić information content (AvgIpc) is 2.72. The number of alkyl halides is 1. The van der Waals surface area contributed by atoms with E-state index >= 15 is 0 Å². The molecule has 3 rings (SSSR count). The van der Waals surface area contributed by atoms with Crippen molar-refractivity contribution in [3.05, 3.63) is 59.7 Å². The summed E-state index contributed by atoms with van der Waals surface area (Å²) in [6, 6.07) is 17.3. The molecule has 2 aromatic carbocycles. The second-order valence-corrected chi connectivity index (χ2v) is 5.84. The van der Waals surface area contributed by atoms with Crippen LogP contribution in [-0.4, -0.2) is 5.38 Å². The van der Waals surface area contributed by atoms with E-state index in [-0.39, 0.29) is 5.38 Å². The van der Waals surface area contributed by atoms with Crippen LogP contribution in [0.1, 0.15) is 30.9 Å². The molecule has 0 aromatic heterocycles. The highest BCUT2D eigenvalue weighted by molar-refractivity contribution is 6.21. The molecule has 1 aliphatic carbocycles. The molecule has 1 unspecified atom stereocenters. The molecule has 92 valence electrons. The zero-order valence-electron chi connectivity index (χ0n) is 10.7. The molecule has 2 aromatic rings. The Morgan fingerprint density at radius 1 is 0.833 bits per heavy atom. The number of fused-ring (bicyclic) bond motifs is 3. The van der Waals surface area contributed by atoms with E-state index in [1.807, 2.05) is 0 Å². The van der Waals surface area contributed by atoms with Crippen LogP contribution in [0.4, 0.5) is 0 Å². The van der Waals surface area contributed by atoms with Crippen LogP contribution in [-0.2, 0) is 0 Å². The Kier molecular flexibility index (Phi) is 2.91. The molecule has 18 heavy (non-hydrogen) atoms. The Balaban J connectivity index is 2.21. The van der Waals surface area contributed by atoms with Crippen LogP contribution in [0.3, 0.4) is 0 Å². The summed E-state index contributed by atoms with van der Waals surface area (Å²) in [6.07, 6.45) is 0. The van der Waals surface area contributed by atoms with Gasteiger partial charge in [0.25, 0.3) is 0 Å². The third-order valence-corrected chi connectivity index (χ3v) is 4.59. The monoisotopic (exact) mass is 256 g/mol. The Bertz CT molecular complexity index is 526. The summed E-state index contributed by atoms with van der Waals surface area (Å²) in [5, 5.41) is 0.148. The van der Waals surface area contributed by atoms with Gasteiger partial charge >= 0.3 is 0 Å². The van der Waals surface area contributed by atoms with Crippen molar-refractivity contribution >= 4 is 11.6 Å². The molecule has 0 spiro atoms. The van der Waals surface area contributed by atoms with E-state index in [9.17, 15) is 0 Å². The van der Waals surface area contributed by atoms with Gasteiger partial charge in [0.15, 0.2) is 0 Å². The lowest BCUT2D eigenvalue weighted by atomic mass is 9.88. The highest BCUT2D eigenvalue weighted by Gasteiger charge is 2.34. The maximum atomic E-state index is 6.68. The molecule has 0 aliphatic heterocycles. The molecule has 0 amide bonds. The summed E-state index contributed by atoms with van der Waals surface area (Å²) in [6.45, 7) is 4.39. The Hall–Kier alpha value is -1.27. The molecule has 0 saturated carbocycles.